The van der Waals surface area contributed by atoms with E-state index in [2.05, 4.69) is 0 Å². The van der Waals surface area contributed by atoms with Gasteiger partial charge in [-0.2, -0.15) is 0 Å². The summed E-state index contributed by atoms with van der Waals surface area (Å²) in [7, 11) is 0. The summed E-state index contributed by atoms with van der Waals surface area (Å²) in [6, 6.07) is 5.16. The van der Waals surface area contributed by atoms with E-state index in [-0.39, 0.29) is 17.1 Å². The van der Waals surface area contributed by atoms with Crippen molar-refractivity contribution in [1.29, 1.82) is 0 Å². The summed E-state index contributed by atoms with van der Waals surface area (Å²) in [5.74, 6) is -3.58. The van der Waals surface area contributed by atoms with E-state index in [1.807, 2.05) is 0 Å². The van der Waals surface area contributed by atoms with Gasteiger partial charge < -0.3 is 30.6 Å². The lowest BCUT2D eigenvalue weighted by atomic mass is 9.87. The van der Waals surface area contributed by atoms with E-state index in [1.54, 1.807) is 6.92 Å². The highest BCUT2D eigenvalue weighted by Crippen LogP contribution is 2.49. The summed E-state index contributed by atoms with van der Waals surface area (Å²) in [4.78, 5) is 0. The van der Waals surface area contributed by atoms with Gasteiger partial charge in [0.25, 0.3) is 0 Å². The van der Waals surface area contributed by atoms with Gasteiger partial charge in [-0.05, 0) is 18.6 Å². The zero-order chi connectivity index (χ0) is 15.7. The quantitative estimate of drug-likeness (QED) is 0.382. The topological polar surface area (TPSA) is 121 Å². The second-order valence-corrected chi connectivity index (χ2v) is 4.73. The summed E-state index contributed by atoms with van der Waals surface area (Å²) >= 11 is 0. The number of hydrogen-bond acceptors (Lipinski definition) is 6. The maximum atomic E-state index is 9.96. The number of hydrogen-bond donors (Lipinski definition) is 6. The Labute approximate surface area is 120 Å². The van der Waals surface area contributed by atoms with Crippen LogP contribution in [0.25, 0.3) is 0 Å². The zero-order valence-electron chi connectivity index (χ0n) is 11.3. The highest BCUT2D eigenvalue weighted by molar-refractivity contribution is 5.62. The Hall–Kier alpha value is -2.76. The average molecular weight is 292 g/mol. The van der Waals surface area contributed by atoms with Crippen LogP contribution < -0.4 is 0 Å². The van der Waals surface area contributed by atoms with E-state index < -0.39 is 28.9 Å². The molecule has 0 aliphatic rings. The van der Waals surface area contributed by atoms with Gasteiger partial charge in [0, 0.05) is 23.1 Å². The summed E-state index contributed by atoms with van der Waals surface area (Å²) in [6.07, 6.45) is 0.440. The second kappa shape index (κ2) is 5.32. The first-order valence-corrected chi connectivity index (χ1v) is 6.35. The Morgan fingerprint density at radius 1 is 0.762 bits per heavy atom. The van der Waals surface area contributed by atoms with E-state index in [0.29, 0.717) is 12.0 Å². The lowest BCUT2D eigenvalue weighted by Crippen LogP contribution is -2.01. The van der Waals surface area contributed by atoms with Gasteiger partial charge in [-0.15, -0.1) is 0 Å². The van der Waals surface area contributed by atoms with Crippen LogP contribution in [0.2, 0.25) is 0 Å². The number of aromatic hydroxyl groups is 6. The molecule has 21 heavy (non-hydrogen) atoms. The highest BCUT2D eigenvalue weighted by Gasteiger charge is 2.24. The van der Waals surface area contributed by atoms with Crippen LogP contribution in [0.1, 0.15) is 30.4 Å². The van der Waals surface area contributed by atoms with E-state index in [1.165, 1.54) is 12.1 Å². The molecule has 6 N–H and O–H groups in total. The second-order valence-electron chi connectivity index (χ2n) is 4.73. The summed E-state index contributed by atoms with van der Waals surface area (Å²) in [6.45, 7) is 1.79. The fourth-order valence-electron chi connectivity index (χ4n) is 2.35. The zero-order valence-corrected chi connectivity index (χ0v) is 11.3. The molecule has 6 heteroatoms. The first kappa shape index (κ1) is 14.6. The first-order valence-electron chi connectivity index (χ1n) is 6.35. The molecule has 0 heterocycles. The molecular formula is C15H16O6. The van der Waals surface area contributed by atoms with Crippen molar-refractivity contribution in [1.82, 2.24) is 0 Å². The third-order valence-corrected chi connectivity index (χ3v) is 3.43. The maximum absolute atomic E-state index is 9.96. The van der Waals surface area contributed by atoms with Gasteiger partial charge in [0.1, 0.15) is 11.5 Å². The van der Waals surface area contributed by atoms with Crippen LogP contribution >= 0.6 is 0 Å². The highest BCUT2D eigenvalue weighted by atomic mass is 16.3. The van der Waals surface area contributed by atoms with Crippen LogP contribution in [0.3, 0.4) is 0 Å². The van der Waals surface area contributed by atoms with Gasteiger partial charge in [-0.1, -0.05) is 13.0 Å². The van der Waals surface area contributed by atoms with Gasteiger partial charge in [0.05, 0.1) is 0 Å². The maximum Gasteiger partial charge on any atom is 0.204 e. The van der Waals surface area contributed by atoms with Gasteiger partial charge in [0.2, 0.25) is 11.5 Å². The summed E-state index contributed by atoms with van der Waals surface area (Å²) in [5.41, 5.74) is 0.571. The molecule has 0 aliphatic heterocycles. The molecule has 112 valence electrons. The Kier molecular flexibility index (Phi) is 3.71. The number of rotatable bonds is 3. The minimum Gasteiger partial charge on any atom is -0.508 e. The van der Waals surface area contributed by atoms with Gasteiger partial charge in [0.15, 0.2) is 11.5 Å². The monoisotopic (exact) mass is 292 g/mol. The number of phenols is 6. The summed E-state index contributed by atoms with van der Waals surface area (Å²) in [5, 5.41) is 57.8. The lowest BCUT2D eigenvalue weighted by Gasteiger charge is -2.20. The fraction of sp³-hybridized carbons (Fsp3) is 0.200. The van der Waals surface area contributed by atoms with E-state index in [9.17, 15) is 30.6 Å². The van der Waals surface area contributed by atoms with Crippen molar-refractivity contribution in [3.05, 3.63) is 35.4 Å². The molecule has 0 amide bonds. The van der Waals surface area contributed by atoms with Crippen molar-refractivity contribution >= 4 is 0 Å². The SMILES string of the molecule is CCC(c1ccc(O)cc1O)c1cc(O)c(O)c(O)c1O. The van der Waals surface area contributed by atoms with E-state index in [0.717, 1.165) is 12.1 Å². The van der Waals surface area contributed by atoms with Crippen LogP contribution in [0, 0.1) is 0 Å². The predicted molar refractivity (Wildman–Crippen MR) is 75.0 cm³/mol. The molecule has 1 unspecified atom stereocenters. The summed E-state index contributed by atoms with van der Waals surface area (Å²) < 4.78 is 0. The third-order valence-electron chi connectivity index (χ3n) is 3.43. The van der Waals surface area contributed by atoms with E-state index in [4.69, 9.17) is 0 Å². The Bertz CT molecular complexity index is 680. The van der Waals surface area contributed by atoms with Crippen LogP contribution in [0.5, 0.6) is 34.5 Å². The minimum absolute atomic E-state index is 0.105. The van der Waals surface area contributed by atoms with Crippen molar-refractivity contribution < 1.29 is 30.6 Å². The fourth-order valence-corrected chi connectivity index (χ4v) is 2.35. The van der Waals surface area contributed by atoms with Crippen LogP contribution in [-0.2, 0) is 0 Å². The number of phenolic OH excluding ortho intramolecular Hbond substituents is 6. The smallest absolute Gasteiger partial charge is 0.204 e. The third kappa shape index (κ3) is 2.47. The van der Waals surface area contributed by atoms with Crippen molar-refractivity contribution in [2.75, 3.05) is 0 Å². The molecule has 0 aromatic heterocycles. The molecule has 2 rings (SSSR count). The van der Waals surface area contributed by atoms with Gasteiger partial charge in [-0.25, -0.2) is 0 Å². The predicted octanol–water partition coefficient (Wildman–Crippen LogP) is 2.46. The van der Waals surface area contributed by atoms with E-state index >= 15 is 0 Å². The largest absolute Gasteiger partial charge is 0.508 e. The Morgan fingerprint density at radius 3 is 2.00 bits per heavy atom. The molecule has 0 bridgehead atoms. The van der Waals surface area contributed by atoms with Crippen LogP contribution in [-0.4, -0.2) is 30.6 Å². The van der Waals surface area contributed by atoms with Crippen LogP contribution in [0.4, 0.5) is 0 Å². The molecule has 0 aliphatic carbocycles. The van der Waals surface area contributed by atoms with Crippen molar-refractivity contribution in [2.45, 2.75) is 19.3 Å². The Balaban J connectivity index is 2.62. The molecule has 6 nitrogen and oxygen atoms in total. The number of benzene rings is 2. The average Bonchev–Trinajstić information content (AvgIpc) is 2.44. The Morgan fingerprint density at radius 2 is 1.43 bits per heavy atom. The molecule has 2 aromatic rings. The molecule has 0 spiro atoms. The van der Waals surface area contributed by atoms with Gasteiger partial charge in [-0.3, -0.25) is 0 Å². The standard InChI is InChI=1S/C15H16O6/c1-2-8(9-4-3-7(16)5-11(9)17)10-6-12(18)14(20)15(21)13(10)19/h3-6,8,16-21H,2H2,1H3. The lowest BCUT2D eigenvalue weighted by molar-refractivity contribution is 0.342. The molecule has 0 saturated heterocycles. The van der Waals surface area contributed by atoms with Crippen LogP contribution in [0.15, 0.2) is 24.3 Å². The normalized spacial score (nSPS) is 12.2. The molecule has 1 atom stereocenters. The first-order chi connectivity index (χ1) is 9.86. The molecule has 2 aromatic carbocycles. The molecular weight excluding hydrogens is 276 g/mol. The van der Waals surface area contributed by atoms with Crippen molar-refractivity contribution in [2.24, 2.45) is 0 Å². The minimum atomic E-state index is -0.818. The molecule has 0 radical (unpaired) electrons. The van der Waals surface area contributed by atoms with Crippen molar-refractivity contribution in [3.63, 3.8) is 0 Å². The van der Waals surface area contributed by atoms with Crippen molar-refractivity contribution in [3.8, 4) is 34.5 Å². The molecule has 0 saturated carbocycles. The van der Waals surface area contributed by atoms with Gasteiger partial charge >= 0.3 is 0 Å². The molecule has 0 fully saturated rings.